The van der Waals surface area contributed by atoms with Crippen LogP contribution in [0.5, 0.6) is 0 Å². The lowest BCUT2D eigenvalue weighted by Gasteiger charge is -2.26. The number of carboxylic acid groups (broad SMARTS) is 1. The van der Waals surface area contributed by atoms with Crippen molar-refractivity contribution in [2.24, 2.45) is 0 Å². The molecule has 9 heteroatoms. The molecule has 0 aliphatic heterocycles. The standard InChI is InChI=1S/C28H35NO8/c1-27(2,3)36-24(32)22(25(33)37-28(4,5)6)20-14-12-18(13-15-20)16-21(23(30)31)29-26(34)35-17-19-10-8-7-9-11-19/h7-15,21-22H,16-17H2,1-6H3,(H,29,34)(H,30,31)/t21-/m0/s1. The van der Waals surface area contributed by atoms with Crippen molar-refractivity contribution in [2.45, 2.75) is 77.7 Å². The lowest BCUT2D eigenvalue weighted by atomic mass is 9.95. The molecule has 0 radical (unpaired) electrons. The van der Waals surface area contributed by atoms with Crippen molar-refractivity contribution < 1.29 is 38.5 Å². The molecule has 2 aromatic rings. The molecule has 0 aliphatic carbocycles. The second-order valence-electron chi connectivity index (χ2n) is 10.5. The summed E-state index contributed by atoms with van der Waals surface area (Å²) in [6.07, 6.45) is -0.901. The number of rotatable bonds is 9. The highest BCUT2D eigenvalue weighted by molar-refractivity contribution is 6.01. The number of benzene rings is 2. The SMILES string of the molecule is CC(C)(C)OC(=O)C(C(=O)OC(C)(C)C)c1ccc(C[C@H](NC(=O)OCc2ccccc2)C(=O)O)cc1. The zero-order valence-corrected chi connectivity index (χ0v) is 22.1. The molecule has 0 spiro atoms. The summed E-state index contributed by atoms with van der Waals surface area (Å²) in [6, 6.07) is 14.0. The summed E-state index contributed by atoms with van der Waals surface area (Å²) in [5.74, 6) is -4.04. The smallest absolute Gasteiger partial charge is 0.408 e. The summed E-state index contributed by atoms with van der Waals surface area (Å²) in [7, 11) is 0. The van der Waals surface area contributed by atoms with Gasteiger partial charge in [-0.1, -0.05) is 54.6 Å². The fourth-order valence-electron chi connectivity index (χ4n) is 3.28. The number of amides is 1. The summed E-state index contributed by atoms with van der Waals surface area (Å²) >= 11 is 0. The third kappa shape index (κ3) is 10.3. The van der Waals surface area contributed by atoms with Gasteiger partial charge in [-0.15, -0.1) is 0 Å². The van der Waals surface area contributed by atoms with Gasteiger partial charge in [0.05, 0.1) is 0 Å². The minimum atomic E-state index is -1.31. The van der Waals surface area contributed by atoms with E-state index in [0.29, 0.717) is 11.1 Å². The number of nitrogens with one attached hydrogen (secondary N) is 1. The van der Waals surface area contributed by atoms with Gasteiger partial charge in [-0.2, -0.15) is 0 Å². The third-order valence-corrected chi connectivity index (χ3v) is 4.84. The Labute approximate surface area is 217 Å². The molecule has 0 fully saturated rings. The largest absolute Gasteiger partial charge is 0.480 e. The molecule has 0 aliphatic rings. The molecule has 0 aromatic heterocycles. The molecule has 2 aromatic carbocycles. The quantitative estimate of drug-likeness (QED) is 0.287. The van der Waals surface area contributed by atoms with Crippen LogP contribution in [0.4, 0.5) is 4.79 Å². The van der Waals surface area contributed by atoms with E-state index in [-0.39, 0.29) is 13.0 Å². The summed E-state index contributed by atoms with van der Waals surface area (Å²) in [6.45, 7) is 10.2. The van der Waals surface area contributed by atoms with Crippen molar-refractivity contribution in [3.63, 3.8) is 0 Å². The number of hydrogen-bond acceptors (Lipinski definition) is 7. The predicted molar refractivity (Wildman–Crippen MR) is 136 cm³/mol. The van der Waals surface area contributed by atoms with Gasteiger partial charge in [0.1, 0.15) is 23.9 Å². The van der Waals surface area contributed by atoms with Crippen LogP contribution in [-0.2, 0) is 41.6 Å². The molecule has 1 atom stereocenters. The normalized spacial score (nSPS) is 12.4. The van der Waals surface area contributed by atoms with Crippen LogP contribution in [0.25, 0.3) is 0 Å². The second kappa shape index (κ2) is 12.4. The molecule has 2 N–H and O–H groups in total. The van der Waals surface area contributed by atoms with Gasteiger partial charge >= 0.3 is 24.0 Å². The van der Waals surface area contributed by atoms with Gasteiger partial charge in [-0.3, -0.25) is 9.59 Å². The molecule has 200 valence electrons. The first-order chi connectivity index (χ1) is 17.1. The maximum Gasteiger partial charge on any atom is 0.408 e. The van der Waals surface area contributed by atoms with Crippen LogP contribution >= 0.6 is 0 Å². The number of alkyl carbamates (subject to hydrolysis) is 1. The molecule has 0 bridgehead atoms. The molecular weight excluding hydrogens is 478 g/mol. The van der Waals surface area contributed by atoms with Gasteiger partial charge in [0.2, 0.25) is 0 Å². The highest BCUT2D eigenvalue weighted by Gasteiger charge is 2.36. The first-order valence-electron chi connectivity index (χ1n) is 11.9. The third-order valence-electron chi connectivity index (χ3n) is 4.84. The van der Waals surface area contributed by atoms with Gasteiger partial charge in [-0.05, 0) is 58.2 Å². The van der Waals surface area contributed by atoms with E-state index in [1.165, 1.54) is 0 Å². The van der Waals surface area contributed by atoms with Crippen molar-refractivity contribution in [3.8, 4) is 0 Å². The van der Waals surface area contributed by atoms with Gasteiger partial charge in [0.25, 0.3) is 0 Å². The molecule has 0 saturated carbocycles. The maximum absolute atomic E-state index is 12.9. The Morgan fingerprint density at radius 2 is 1.30 bits per heavy atom. The Kier molecular flexibility index (Phi) is 9.82. The highest BCUT2D eigenvalue weighted by Crippen LogP contribution is 2.25. The number of carbonyl (C=O) groups is 4. The van der Waals surface area contributed by atoms with Crippen molar-refractivity contribution in [3.05, 3.63) is 71.3 Å². The molecule has 2 rings (SSSR count). The fraction of sp³-hybridized carbons (Fsp3) is 0.429. The molecule has 0 saturated heterocycles. The van der Waals surface area contributed by atoms with E-state index in [1.807, 2.05) is 6.07 Å². The van der Waals surface area contributed by atoms with E-state index in [9.17, 15) is 24.3 Å². The van der Waals surface area contributed by atoms with E-state index in [1.54, 1.807) is 90.1 Å². The van der Waals surface area contributed by atoms with Crippen molar-refractivity contribution in [1.29, 1.82) is 0 Å². The van der Waals surface area contributed by atoms with E-state index in [4.69, 9.17) is 14.2 Å². The van der Waals surface area contributed by atoms with Crippen LogP contribution in [-0.4, -0.2) is 46.4 Å². The second-order valence-corrected chi connectivity index (χ2v) is 10.5. The van der Waals surface area contributed by atoms with E-state index in [0.717, 1.165) is 5.56 Å². The predicted octanol–water partition coefficient (Wildman–Crippen LogP) is 4.38. The number of esters is 2. The van der Waals surface area contributed by atoms with Crippen LogP contribution in [0, 0.1) is 0 Å². The summed E-state index contributed by atoms with van der Waals surface area (Å²) in [5, 5.41) is 11.9. The number of hydrogen-bond donors (Lipinski definition) is 2. The Morgan fingerprint density at radius 1 is 0.784 bits per heavy atom. The Hall–Kier alpha value is -3.88. The summed E-state index contributed by atoms with van der Waals surface area (Å²) in [5.41, 5.74) is 0.0465. The minimum absolute atomic E-state index is 0.00439. The highest BCUT2D eigenvalue weighted by atomic mass is 16.6. The zero-order chi connectivity index (χ0) is 27.8. The van der Waals surface area contributed by atoms with E-state index < -0.39 is 47.2 Å². The van der Waals surface area contributed by atoms with Crippen LogP contribution in [0.3, 0.4) is 0 Å². The average Bonchev–Trinajstić information content (AvgIpc) is 2.76. The molecule has 9 nitrogen and oxygen atoms in total. The van der Waals surface area contributed by atoms with Crippen LogP contribution in [0.2, 0.25) is 0 Å². The van der Waals surface area contributed by atoms with E-state index >= 15 is 0 Å². The number of aliphatic carboxylic acids is 1. The average molecular weight is 514 g/mol. The Bertz CT molecular complexity index is 1050. The van der Waals surface area contributed by atoms with E-state index in [2.05, 4.69) is 5.32 Å². The Morgan fingerprint density at radius 3 is 1.76 bits per heavy atom. The molecular formula is C28H35NO8. The van der Waals surface area contributed by atoms with Gasteiger partial charge in [0.15, 0.2) is 5.92 Å². The van der Waals surface area contributed by atoms with Crippen LogP contribution in [0.1, 0.15) is 64.2 Å². The molecule has 0 heterocycles. The van der Waals surface area contributed by atoms with Crippen molar-refractivity contribution >= 4 is 24.0 Å². The first-order valence-corrected chi connectivity index (χ1v) is 11.9. The first kappa shape index (κ1) is 29.4. The fourth-order valence-corrected chi connectivity index (χ4v) is 3.28. The zero-order valence-electron chi connectivity index (χ0n) is 22.1. The lowest BCUT2D eigenvalue weighted by Crippen LogP contribution is -2.42. The summed E-state index contributed by atoms with van der Waals surface area (Å²) in [4.78, 5) is 49.6. The number of carbonyl (C=O) groups excluding carboxylic acids is 3. The summed E-state index contributed by atoms with van der Waals surface area (Å²) < 4.78 is 16.0. The molecule has 0 unspecified atom stereocenters. The van der Waals surface area contributed by atoms with Crippen molar-refractivity contribution in [2.75, 3.05) is 0 Å². The van der Waals surface area contributed by atoms with Gasteiger partial charge in [0, 0.05) is 6.42 Å². The topological polar surface area (TPSA) is 128 Å². The van der Waals surface area contributed by atoms with Crippen LogP contribution in [0.15, 0.2) is 54.6 Å². The minimum Gasteiger partial charge on any atom is -0.480 e. The maximum atomic E-state index is 12.9. The Balaban J connectivity index is 2.13. The van der Waals surface area contributed by atoms with Gasteiger partial charge in [-0.25, -0.2) is 9.59 Å². The molecule has 37 heavy (non-hydrogen) atoms. The molecule has 1 amide bonds. The number of ether oxygens (including phenoxy) is 3. The monoisotopic (exact) mass is 513 g/mol. The number of carboxylic acids is 1. The lowest BCUT2D eigenvalue weighted by molar-refractivity contribution is -0.169. The van der Waals surface area contributed by atoms with Crippen LogP contribution < -0.4 is 5.32 Å². The van der Waals surface area contributed by atoms with Crippen molar-refractivity contribution in [1.82, 2.24) is 5.32 Å². The van der Waals surface area contributed by atoms with Gasteiger partial charge < -0.3 is 24.6 Å².